The van der Waals surface area contributed by atoms with Crippen molar-refractivity contribution in [2.75, 3.05) is 0 Å². The van der Waals surface area contributed by atoms with Gasteiger partial charge in [-0.1, -0.05) is 29.8 Å². The van der Waals surface area contributed by atoms with E-state index in [1.165, 1.54) is 19.1 Å². The maximum Gasteiger partial charge on any atom is 0.417 e. The Hall–Kier alpha value is -1.98. The van der Waals surface area contributed by atoms with Crippen LogP contribution in [0, 0.1) is 19.9 Å². The summed E-state index contributed by atoms with van der Waals surface area (Å²) in [4.78, 5) is 0. The molecule has 1 radical (unpaired) electrons. The number of halogens is 6. The van der Waals surface area contributed by atoms with Crippen molar-refractivity contribution in [3.8, 4) is 11.1 Å². The van der Waals surface area contributed by atoms with E-state index in [-0.39, 0.29) is 5.56 Å². The van der Waals surface area contributed by atoms with Gasteiger partial charge in [0.05, 0.1) is 11.1 Å². The molecule has 0 amide bonds. The van der Waals surface area contributed by atoms with Crippen LogP contribution in [-0.2, 0) is 12.4 Å². The first-order valence-corrected chi connectivity index (χ1v) is 6.28. The number of rotatable bonds is 1. The third kappa shape index (κ3) is 3.10. The van der Waals surface area contributed by atoms with Crippen LogP contribution >= 0.6 is 0 Å². The standard InChI is InChI=1S/C16H11F6/c1-9-6-7-11(10(2)8-9)14-12(15(17,18)19)4-3-5-13(14)16(20,21)22/h3-4,6-8H,1-2H3. The number of hydrogen-bond acceptors (Lipinski definition) is 0. The molecule has 0 spiro atoms. The monoisotopic (exact) mass is 317 g/mol. The molecule has 0 N–H and O–H groups in total. The van der Waals surface area contributed by atoms with E-state index in [1.807, 2.05) is 6.07 Å². The molecular weight excluding hydrogens is 306 g/mol. The molecule has 0 aliphatic carbocycles. The third-order valence-corrected chi connectivity index (χ3v) is 3.24. The average Bonchev–Trinajstić information content (AvgIpc) is 2.36. The Balaban J connectivity index is 2.87. The van der Waals surface area contributed by atoms with Crippen molar-refractivity contribution in [1.29, 1.82) is 0 Å². The summed E-state index contributed by atoms with van der Waals surface area (Å²) in [7, 11) is 0. The molecule has 22 heavy (non-hydrogen) atoms. The fourth-order valence-electron chi connectivity index (χ4n) is 2.33. The maximum absolute atomic E-state index is 13.1. The van der Waals surface area contributed by atoms with Crippen LogP contribution in [0.4, 0.5) is 26.3 Å². The number of alkyl halides is 6. The SMILES string of the molecule is Cc1ccc(-c2c(C(F)(F)F)[c]ccc2C(F)(F)F)c(C)c1. The molecule has 0 aliphatic rings. The molecule has 0 heterocycles. The Labute approximate surface area is 123 Å². The normalized spacial score (nSPS) is 12.5. The van der Waals surface area contributed by atoms with Crippen LogP contribution in [0.15, 0.2) is 30.3 Å². The zero-order valence-corrected chi connectivity index (χ0v) is 11.7. The van der Waals surface area contributed by atoms with Gasteiger partial charge >= 0.3 is 12.4 Å². The van der Waals surface area contributed by atoms with E-state index in [0.29, 0.717) is 17.7 Å². The quantitative estimate of drug-likeness (QED) is 0.582. The molecule has 2 aromatic rings. The van der Waals surface area contributed by atoms with Gasteiger partial charge in [0.15, 0.2) is 0 Å². The van der Waals surface area contributed by atoms with E-state index in [4.69, 9.17) is 0 Å². The van der Waals surface area contributed by atoms with E-state index in [2.05, 4.69) is 0 Å². The molecule has 0 unspecified atom stereocenters. The van der Waals surface area contributed by atoms with E-state index in [9.17, 15) is 26.3 Å². The van der Waals surface area contributed by atoms with Crippen molar-refractivity contribution < 1.29 is 26.3 Å². The summed E-state index contributed by atoms with van der Waals surface area (Å²) in [5.41, 5.74) is -2.60. The minimum Gasteiger partial charge on any atom is -0.166 e. The van der Waals surface area contributed by atoms with Crippen LogP contribution in [0.5, 0.6) is 0 Å². The van der Waals surface area contributed by atoms with Gasteiger partial charge < -0.3 is 0 Å². The van der Waals surface area contributed by atoms with Crippen LogP contribution < -0.4 is 0 Å². The summed E-state index contributed by atoms with van der Waals surface area (Å²) >= 11 is 0. The molecule has 117 valence electrons. The van der Waals surface area contributed by atoms with Gasteiger partial charge in [0.2, 0.25) is 0 Å². The Bertz CT molecular complexity index is 663. The number of hydrogen-bond donors (Lipinski definition) is 0. The summed E-state index contributed by atoms with van der Waals surface area (Å²) in [6.45, 7) is 3.19. The second kappa shape index (κ2) is 5.34. The van der Waals surface area contributed by atoms with Crippen molar-refractivity contribution in [3.05, 3.63) is 58.7 Å². The smallest absolute Gasteiger partial charge is 0.166 e. The van der Waals surface area contributed by atoms with Crippen molar-refractivity contribution in [2.45, 2.75) is 26.2 Å². The summed E-state index contributed by atoms with van der Waals surface area (Å²) in [6.07, 6.45) is -9.81. The van der Waals surface area contributed by atoms with Gasteiger partial charge in [0, 0.05) is 5.56 Å². The average molecular weight is 317 g/mol. The second-order valence-corrected chi connectivity index (χ2v) is 4.96. The Kier molecular flexibility index (Phi) is 3.98. The molecule has 0 aromatic heterocycles. The van der Waals surface area contributed by atoms with Crippen LogP contribution in [0.1, 0.15) is 22.3 Å². The molecule has 0 fully saturated rings. The zero-order valence-electron chi connectivity index (χ0n) is 11.7. The van der Waals surface area contributed by atoms with Crippen LogP contribution in [0.2, 0.25) is 0 Å². The molecule has 0 bridgehead atoms. The highest BCUT2D eigenvalue weighted by Crippen LogP contribution is 2.44. The van der Waals surface area contributed by atoms with E-state index in [0.717, 1.165) is 5.56 Å². The highest BCUT2D eigenvalue weighted by molar-refractivity contribution is 5.75. The third-order valence-electron chi connectivity index (χ3n) is 3.24. The first-order chi connectivity index (χ1) is 10.0. The molecule has 6 heteroatoms. The largest absolute Gasteiger partial charge is 0.417 e. The predicted molar refractivity (Wildman–Crippen MR) is 70.2 cm³/mol. The fraction of sp³-hybridized carbons (Fsp3) is 0.250. The first kappa shape index (κ1) is 16.4. The van der Waals surface area contributed by atoms with Gasteiger partial charge in [-0.2, -0.15) is 26.3 Å². The molecule has 0 saturated heterocycles. The van der Waals surface area contributed by atoms with Gasteiger partial charge in [0.25, 0.3) is 0 Å². The molecule has 0 saturated carbocycles. The highest BCUT2D eigenvalue weighted by atomic mass is 19.4. The molecular formula is C16H11F6. The van der Waals surface area contributed by atoms with Crippen LogP contribution in [0.25, 0.3) is 11.1 Å². The summed E-state index contributed by atoms with van der Waals surface area (Å²) in [6, 6.07) is 7.47. The van der Waals surface area contributed by atoms with Crippen LogP contribution in [0.3, 0.4) is 0 Å². The highest BCUT2D eigenvalue weighted by Gasteiger charge is 2.41. The lowest BCUT2D eigenvalue weighted by molar-refractivity contribution is -0.142. The summed E-state index contributed by atoms with van der Waals surface area (Å²) in [5, 5.41) is 0. The van der Waals surface area contributed by atoms with E-state index in [1.54, 1.807) is 13.0 Å². The van der Waals surface area contributed by atoms with E-state index < -0.39 is 29.0 Å². The maximum atomic E-state index is 13.1. The first-order valence-electron chi connectivity index (χ1n) is 6.28. The molecule has 0 nitrogen and oxygen atoms in total. The minimum absolute atomic E-state index is 0.0953. The predicted octanol–water partition coefficient (Wildman–Crippen LogP) is 5.81. The minimum atomic E-state index is -4.92. The van der Waals surface area contributed by atoms with Gasteiger partial charge in [-0.05, 0) is 37.1 Å². The van der Waals surface area contributed by atoms with Crippen molar-refractivity contribution >= 4 is 0 Å². The van der Waals surface area contributed by atoms with Crippen molar-refractivity contribution in [2.24, 2.45) is 0 Å². The van der Waals surface area contributed by atoms with Gasteiger partial charge in [-0.3, -0.25) is 0 Å². The Morgan fingerprint density at radius 3 is 2.00 bits per heavy atom. The lowest BCUT2D eigenvalue weighted by Gasteiger charge is -2.20. The fourth-order valence-corrected chi connectivity index (χ4v) is 2.33. The lowest BCUT2D eigenvalue weighted by Crippen LogP contribution is -2.14. The van der Waals surface area contributed by atoms with E-state index >= 15 is 0 Å². The Morgan fingerprint density at radius 1 is 0.864 bits per heavy atom. The van der Waals surface area contributed by atoms with Crippen LogP contribution in [-0.4, -0.2) is 0 Å². The molecule has 0 atom stereocenters. The second-order valence-electron chi connectivity index (χ2n) is 4.96. The summed E-state index contributed by atoms with van der Waals surface area (Å²) < 4.78 is 78.7. The van der Waals surface area contributed by atoms with Crippen molar-refractivity contribution in [1.82, 2.24) is 0 Å². The topological polar surface area (TPSA) is 0 Å². The molecule has 2 rings (SSSR count). The van der Waals surface area contributed by atoms with Gasteiger partial charge in [-0.25, -0.2) is 0 Å². The molecule has 2 aromatic carbocycles. The zero-order chi connectivity index (χ0) is 16.7. The molecule has 0 aliphatic heterocycles. The lowest BCUT2D eigenvalue weighted by atomic mass is 9.90. The Morgan fingerprint density at radius 2 is 1.50 bits per heavy atom. The van der Waals surface area contributed by atoms with Gasteiger partial charge in [-0.15, -0.1) is 0 Å². The van der Waals surface area contributed by atoms with Gasteiger partial charge in [0.1, 0.15) is 0 Å². The van der Waals surface area contributed by atoms with Crippen molar-refractivity contribution in [3.63, 3.8) is 0 Å². The number of benzene rings is 2. The summed E-state index contributed by atoms with van der Waals surface area (Å²) in [5.74, 6) is 0. The number of aryl methyl sites for hydroxylation is 2.